The molecule has 1 unspecified atom stereocenters. The van der Waals surface area contributed by atoms with E-state index in [0.29, 0.717) is 5.92 Å². The molecule has 0 aromatic carbocycles. The third-order valence-electron chi connectivity index (χ3n) is 3.08. The summed E-state index contributed by atoms with van der Waals surface area (Å²) in [5.74, 6) is 1.29. The van der Waals surface area contributed by atoms with Gasteiger partial charge in [0.05, 0.1) is 0 Å². The van der Waals surface area contributed by atoms with Gasteiger partial charge in [-0.1, -0.05) is 6.08 Å². The van der Waals surface area contributed by atoms with E-state index in [0.717, 1.165) is 25.4 Å². The van der Waals surface area contributed by atoms with E-state index in [4.69, 9.17) is 0 Å². The van der Waals surface area contributed by atoms with Crippen LogP contribution in [0.4, 0.5) is 4.39 Å². The fraction of sp³-hybridized carbons (Fsp3) is 0.636. The molecule has 2 rings (SSSR count). The lowest BCUT2D eigenvalue weighted by molar-refractivity contribution is 0.297. The second-order valence-electron chi connectivity index (χ2n) is 3.94. The van der Waals surface area contributed by atoms with Crippen molar-refractivity contribution in [2.75, 3.05) is 13.1 Å². The van der Waals surface area contributed by atoms with Crippen LogP contribution >= 0.6 is 0 Å². The zero-order valence-corrected chi connectivity index (χ0v) is 7.80. The van der Waals surface area contributed by atoms with Crippen LogP contribution in [0.5, 0.6) is 0 Å². The molecule has 0 radical (unpaired) electrons. The van der Waals surface area contributed by atoms with Crippen LogP contribution in [-0.4, -0.2) is 13.1 Å². The number of piperidine rings is 1. The Morgan fingerprint density at radius 1 is 1.31 bits per heavy atom. The molecule has 1 saturated heterocycles. The van der Waals surface area contributed by atoms with Crippen LogP contribution in [0.1, 0.15) is 19.3 Å². The molecule has 13 heavy (non-hydrogen) atoms. The molecule has 2 aliphatic rings. The van der Waals surface area contributed by atoms with Gasteiger partial charge in [-0.05, 0) is 56.3 Å². The molecule has 0 saturated carbocycles. The van der Waals surface area contributed by atoms with Crippen molar-refractivity contribution in [3.8, 4) is 0 Å². The molecule has 72 valence electrons. The van der Waals surface area contributed by atoms with E-state index in [1.54, 1.807) is 12.2 Å². The van der Waals surface area contributed by atoms with Crippen molar-refractivity contribution in [3.05, 3.63) is 24.1 Å². The van der Waals surface area contributed by atoms with Crippen LogP contribution in [0.25, 0.3) is 0 Å². The van der Waals surface area contributed by atoms with Crippen LogP contribution < -0.4 is 5.32 Å². The van der Waals surface area contributed by atoms with Gasteiger partial charge < -0.3 is 5.32 Å². The number of halogens is 1. The maximum Gasteiger partial charge on any atom is 0.118 e. The Hall–Kier alpha value is -0.630. The van der Waals surface area contributed by atoms with Crippen molar-refractivity contribution in [1.29, 1.82) is 0 Å². The summed E-state index contributed by atoms with van der Waals surface area (Å²) in [5.41, 5.74) is 0. The molecule has 1 atom stereocenters. The van der Waals surface area contributed by atoms with Gasteiger partial charge in [-0.3, -0.25) is 0 Å². The van der Waals surface area contributed by atoms with Gasteiger partial charge in [0.2, 0.25) is 0 Å². The van der Waals surface area contributed by atoms with E-state index in [2.05, 4.69) is 5.32 Å². The third-order valence-corrected chi connectivity index (χ3v) is 3.08. The molecule has 1 aliphatic heterocycles. The summed E-state index contributed by atoms with van der Waals surface area (Å²) in [6.45, 7) is 2.25. The zero-order valence-electron chi connectivity index (χ0n) is 7.80. The fourth-order valence-corrected chi connectivity index (χ4v) is 2.23. The highest BCUT2D eigenvalue weighted by atomic mass is 19.1. The number of hydrogen-bond acceptors (Lipinski definition) is 1. The van der Waals surface area contributed by atoms with Crippen LogP contribution in [0, 0.1) is 11.8 Å². The molecule has 0 bridgehead atoms. The Morgan fingerprint density at radius 2 is 2.08 bits per heavy atom. The van der Waals surface area contributed by atoms with Gasteiger partial charge in [-0.2, -0.15) is 0 Å². The summed E-state index contributed by atoms with van der Waals surface area (Å²) in [5, 5.41) is 3.35. The molecule has 1 heterocycles. The standard InChI is InChI=1S/C11H16FN/c12-11-3-1-9(2-4-11)10-5-7-13-8-6-10/h1,3-4,9-10,13H,2,5-8H2. The highest BCUT2D eigenvalue weighted by Gasteiger charge is 2.22. The Labute approximate surface area is 78.7 Å². The molecule has 0 aromatic heterocycles. The van der Waals surface area contributed by atoms with Gasteiger partial charge in [0.25, 0.3) is 0 Å². The molecule has 1 N–H and O–H groups in total. The molecule has 0 amide bonds. The quantitative estimate of drug-likeness (QED) is 0.655. The van der Waals surface area contributed by atoms with Crippen molar-refractivity contribution in [3.63, 3.8) is 0 Å². The Kier molecular flexibility index (Phi) is 2.79. The molecule has 0 aromatic rings. The van der Waals surface area contributed by atoms with Gasteiger partial charge in [0.15, 0.2) is 0 Å². The minimum Gasteiger partial charge on any atom is -0.317 e. The smallest absolute Gasteiger partial charge is 0.118 e. The first-order valence-corrected chi connectivity index (χ1v) is 5.11. The first kappa shape index (κ1) is 8.95. The van der Waals surface area contributed by atoms with Crippen molar-refractivity contribution in [1.82, 2.24) is 5.32 Å². The minimum absolute atomic E-state index is 0.0646. The van der Waals surface area contributed by atoms with E-state index in [-0.39, 0.29) is 5.83 Å². The summed E-state index contributed by atoms with van der Waals surface area (Å²) in [4.78, 5) is 0. The first-order valence-electron chi connectivity index (χ1n) is 5.11. The molecule has 2 heteroatoms. The molecule has 0 spiro atoms. The van der Waals surface area contributed by atoms with Crippen molar-refractivity contribution < 1.29 is 4.39 Å². The maximum absolute atomic E-state index is 12.7. The number of rotatable bonds is 1. The van der Waals surface area contributed by atoms with Crippen LogP contribution in [-0.2, 0) is 0 Å². The van der Waals surface area contributed by atoms with Gasteiger partial charge in [-0.25, -0.2) is 4.39 Å². The maximum atomic E-state index is 12.7. The minimum atomic E-state index is -0.0646. The molecular formula is C11H16FN. The van der Waals surface area contributed by atoms with Crippen LogP contribution in [0.2, 0.25) is 0 Å². The molecule has 1 aliphatic carbocycles. The third kappa shape index (κ3) is 2.19. The van der Waals surface area contributed by atoms with E-state index in [9.17, 15) is 4.39 Å². The lowest BCUT2D eigenvalue weighted by Gasteiger charge is -2.29. The Morgan fingerprint density at radius 3 is 2.69 bits per heavy atom. The Balaban J connectivity index is 1.91. The van der Waals surface area contributed by atoms with E-state index < -0.39 is 0 Å². The second-order valence-corrected chi connectivity index (χ2v) is 3.94. The van der Waals surface area contributed by atoms with Gasteiger partial charge in [0.1, 0.15) is 5.83 Å². The number of nitrogens with one attached hydrogen (secondary N) is 1. The average molecular weight is 181 g/mol. The van der Waals surface area contributed by atoms with E-state index in [1.165, 1.54) is 12.8 Å². The van der Waals surface area contributed by atoms with Crippen molar-refractivity contribution in [2.24, 2.45) is 11.8 Å². The van der Waals surface area contributed by atoms with Crippen LogP contribution in [0.3, 0.4) is 0 Å². The first-order chi connectivity index (χ1) is 6.36. The molecule has 1 fully saturated rings. The zero-order chi connectivity index (χ0) is 9.10. The average Bonchev–Trinajstić information content (AvgIpc) is 2.20. The lowest BCUT2D eigenvalue weighted by Crippen LogP contribution is -2.31. The Bertz CT molecular complexity index is 226. The largest absolute Gasteiger partial charge is 0.317 e. The monoisotopic (exact) mass is 181 g/mol. The summed E-state index contributed by atoms with van der Waals surface area (Å²) in [6.07, 6.45) is 8.76. The van der Waals surface area contributed by atoms with Crippen molar-refractivity contribution >= 4 is 0 Å². The normalized spacial score (nSPS) is 30.2. The predicted octanol–water partition coefficient (Wildman–Crippen LogP) is 2.42. The number of allylic oxidation sites excluding steroid dienone is 4. The second kappa shape index (κ2) is 4.05. The molecule has 1 nitrogen and oxygen atoms in total. The SMILES string of the molecule is FC1=CCC(C2CCNCC2)C=C1. The van der Waals surface area contributed by atoms with Crippen molar-refractivity contribution in [2.45, 2.75) is 19.3 Å². The highest BCUT2D eigenvalue weighted by molar-refractivity contribution is 5.18. The van der Waals surface area contributed by atoms with E-state index in [1.807, 2.05) is 6.08 Å². The lowest BCUT2D eigenvalue weighted by atomic mass is 9.81. The number of hydrogen-bond donors (Lipinski definition) is 1. The summed E-state index contributed by atoms with van der Waals surface area (Å²) >= 11 is 0. The predicted molar refractivity (Wildman–Crippen MR) is 52.0 cm³/mol. The fourth-order valence-electron chi connectivity index (χ4n) is 2.23. The van der Waals surface area contributed by atoms with Gasteiger partial charge in [0, 0.05) is 0 Å². The molecular weight excluding hydrogens is 165 g/mol. The summed E-state index contributed by atoms with van der Waals surface area (Å²) in [7, 11) is 0. The van der Waals surface area contributed by atoms with Crippen LogP contribution in [0.15, 0.2) is 24.1 Å². The van der Waals surface area contributed by atoms with Gasteiger partial charge in [-0.15, -0.1) is 0 Å². The topological polar surface area (TPSA) is 12.0 Å². The van der Waals surface area contributed by atoms with Gasteiger partial charge >= 0.3 is 0 Å². The summed E-state index contributed by atoms with van der Waals surface area (Å²) in [6, 6.07) is 0. The summed E-state index contributed by atoms with van der Waals surface area (Å²) < 4.78 is 12.7. The van der Waals surface area contributed by atoms with E-state index >= 15 is 0 Å². The highest BCUT2D eigenvalue weighted by Crippen LogP contribution is 2.29.